The van der Waals surface area contributed by atoms with Gasteiger partial charge in [0.1, 0.15) is 18.2 Å². The van der Waals surface area contributed by atoms with Gasteiger partial charge in [0.15, 0.2) is 0 Å². The Balaban J connectivity index is 1.92. The lowest BCUT2D eigenvalue weighted by atomic mass is 10.1. The van der Waals surface area contributed by atoms with Crippen molar-refractivity contribution < 1.29 is 27.1 Å². The SMILES string of the molecule is O=C(/C=C(/c1ccccc1)C(F)(F)F)NCCOc1ccc(F)cc1. The Morgan fingerprint density at radius 1 is 1.04 bits per heavy atom. The molecule has 132 valence electrons. The van der Waals surface area contributed by atoms with Crippen LogP contribution in [0.15, 0.2) is 60.7 Å². The molecule has 0 atom stereocenters. The minimum Gasteiger partial charge on any atom is -0.492 e. The normalized spacial score (nSPS) is 11.9. The fourth-order valence-corrected chi connectivity index (χ4v) is 2.00. The molecule has 0 fully saturated rings. The lowest BCUT2D eigenvalue weighted by Crippen LogP contribution is -2.27. The van der Waals surface area contributed by atoms with Gasteiger partial charge in [-0.25, -0.2) is 4.39 Å². The first-order valence-electron chi connectivity index (χ1n) is 7.37. The zero-order chi connectivity index (χ0) is 18.3. The van der Waals surface area contributed by atoms with Gasteiger partial charge < -0.3 is 10.1 Å². The van der Waals surface area contributed by atoms with E-state index in [-0.39, 0.29) is 18.7 Å². The lowest BCUT2D eigenvalue weighted by molar-refractivity contribution is -0.117. The van der Waals surface area contributed by atoms with Gasteiger partial charge in [-0.2, -0.15) is 13.2 Å². The number of hydrogen-bond donors (Lipinski definition) is 1. The van der Waals surface area contributed by atoms with Crippen molar-refractivity contribution in [2.24, 2.45) is 0 Å². The van der Waals surface area contributed by atoms with Gasteiger partial charge in [-0.15, -0.1) is 0 Å². The van der Waals surface area contributed by atoms with E-state index in [4.69, 9.17) is 4.74 Å². The molecule has 0 heterocycles. The Morgan fingerprint density at radius 2 is 1.68 bits per heavy atom. The largest absolute Gasteiger partial charge is 0.492 e. The fourth-order valence-electron chi connectivity index (χ4n) is 2.00. The second kappa shape index (κ2) is 8.32. The number of alkyl halides is 3. The molecule has 2 rings (SSSR count). The Hall–Kier alpha value is -2.83. The minimum atomic E-state index is -4.65. The first-order chi connectivity index (χ1) is 11.9. The van der Waals surface area contributed by atoms with Crippen molar-refractivity contribution in [3.63, 3.8) is 0 Å². The van der Waals surface area contributed by atoms with Crippen molar-refractivity contribution in [3.05, 3.63) is 72.1 Å². The third-order valence-electron chi connectivity index (χ3n) is 3.15. The van der Waals surface area contributed by atoms with Crippen LogP contribution in [0.3, 0.4) is 0 Å². The minimum absolute atomic E-state index is 0.00658. The van der Waals surface area contributed by atoms with Crippen LogP contribution in [-0.2, 0) is 4.79 Å². The van der Waals surface area contributed by atoms with Crippen LogP contribution in [0.4, 0.5) is 17.6 Å². The van der Waals surface area contributed by atoms with E-state index in [1.165, 1.54) is 48.5 Å². The van der Waals surface area contributed by atoms with Gasteiger partial charge in [0.2, 0.25) is 5.91 Å². The second-order valence-corrected chi connectivity index (χ2v) is 5.02. The average molecular weight is 353 g/mol. The number of benzene rings is 2. The summed E-state index contributed by atoms with van der Waals surface area (Å²) in [6.45, 7) is 0.0462. The molecule has 7 heteroatoms. The molecule has 25 heavy (non-hydrogen) atoms. The number of rotatable bonds is 6. The van der Waals surface area contributed by atoms with Gasteiger partial charge in [-0.3, -0.25) is 4.79 Å². The van der Waals surface area contributed by atoms with E-state index in [9.17, 15) is 22.4 Å². The molecule has 0 saturated heterocycles. The van der Waals surface area contributed by atoms with E-state index in [1.807, 2.05) is 0 Å². The summed E-state index contributed by atoms with van der Waals surface area (Å²) in [4.78, 5) is 11.7. The predicted octanol–water partition coefficient (Wildman–Crippen LogP) is 3.97. The summed E-state index contributed by atoms with van der Waals surface area (Å²) in [7, 11) is 0. The second-order valence-electron chi connectivity index (χ2n) is 5.02. The van der Waals surface area contributed by atoms with Crippen LogP contribution in [0, 0.1) is 5.82 Å². The summed E-state index contributed by atoms with van der Waals surface area (Å²) in [6, 6.07) is 12.3. The number of nitrogens with one attached hydrogen (secondary N) is 1. The first kappa shape index (κ1) is 18.5. The molecule has 0 radical (unpaired) electrons. The standard InChI is InChI=1S/C18H15F4NO2/c19-14-6-8-15(9-7-14)25-11-10-23-17(24)12-16(18(20,21)22)13-4-2-1-3-5-13/h1-9,12H,10-11H2,(H,23,24)/b16-12-. The first-order valence-corrected chi connectivity index (χ1v) is 7.37. The molecule has 2 aromatic rings. The van der Waals surface area contributed by atoms with Gasteiger partial charge in [0.25, 0.3) is 0 Å². The number of allylic oxidation sites excluding steroid dienone is 1. The molecule has 2 aromatic carbocycles. The van der Waals surface area contributed by atoms with Crippen molar-refractivity contribution in [3.8, 4) is 5.75 Å². The molecular formula is C18H15F4NO2. The Kier molecular flexibility index (Phi) is 6.16. The van der Waals surface area contributed by atoms with E-state index in [1.54, 1.807) is 6.07 Å². The summed E-state index contributed by atoms with van der Waals surface area (Å²) >= 11 is 0. The monoisotopic (exact) mass is 353 g/mol. The molecule has 0 bridgehead atoms. The molecule has 0 aliphatic carbocycles. The summed E-state index contributed by atoms with van der Waals surface area (Å²) in [5.74, 6) is -0.892. The average Bonchev–Trinajstić information content (AvgIpc) is 2.58. The molecular weight excluding hydrogens is 338 g/mol. The fraction of sp³-hybridized carbons (Fsp3) is 0.167. The van der Waals surface area contributed by atoms with Crippen molar-refractivity contribution in [2.45, 2.75) is 6.18 Å². The van der Waals surface area contributed by atoms with Crippen LogP contribution in [0.1, 0.15) is 5.56 Å². The maximum Gasteiger partial charge on any atom is 0.417 e. The third-order valence-corrected chi connectivity index (χ3v) is 3.15. The number of amides is 1. The van der Waals surface area contributed by atoms with Crippen LogP contribution < -0.4 is 10.1 Å². The highest BCUT2D eigenvalue weighted by atomic mass is 19.4. The highest BCUT2D eigenvalue weighted by Crippen LogP contribution is 2.33. The maximum atomic E-state index is 13.1. The summed E-state index contributed by atoms with van der Waals surface area (Å²) in [6.07, 6.45) is -4.13. The number of carbonyl (C=O) groups is 1. The van der Waals surface area contributed by atoms with Crippen LogP contribution in [0.2, 0.25) is 0 Å². The Labute approximate surface area is 141 Å². The van der Waals surface area contributed by atoms with Crippen LogP contribution in [-0.4, -0.2) is 25.2 Å². The van der Waals surface area contributed by atoms with Gasteiger partial charge in [-0.05, 0) is 29.8 Å². The maximum absolute atomic E-state index is 13.1. The molecule has 3 nitrogen and oxygen atoms in total. The molecule has 0 spiro atoms. The number of hydrogen-bond acceptors (Lipinski definition) is 2. The van der Waals surface area contributed by atoms with Crippen molar-refractivity contribution in [2.75, 3.05) is 13.2 Å². The summed E-state index contributed by atoms with van der Waals surface area (Å²) in [5.41, 5.74) is -1.11. The molecule has 0 saturated carbocycles. The van der Waals surface area contributed by atoms with E-state index in [0.717, 1.165) is 0 Å². The zero-order valence-electron chi connectivity index (χ0n) is 13.0. The van der Waals surface area contributed by atoms with Crippen LogP contribution in [0.5, 0.6) is 5.75 Å². The van der Waals surface area contributed by atoms with Gasteiger partial charge in [-0.1, -0.05) is 30.3 Å². The molecule has 0 unspecified atom stereocenters. The topological polar surface area (TPSA) is 38.3 Å². The Morgan fingerprint density at radius 3 is 2.28 bits per heavy atom. The molecule has 0 aliphatic heterocycles. The number of carbonyl (C=O) groups excluding carboxylic acids is 1. The summed E-state index contributed by atoms with van der Waals surface area (Å²) in [5, 5.41) is 2.32. The molecule has 1 amide bonds. The highest BCUT2D eigenvalue weighted by Gasteiger charge is 2.35. The predicted molar refractivity (Wildman–Crippen MR) is 85.4 cm³/mol. The number of halogens is 4. The van der Waals surface area contributed by atoms with Crippen LogP contribution in [0.25, 0.3) is 5.57 Å². The van der Waals surface area contributed by atoms with Crippen LogP contribution >= 0.6 is 0 Å². The molecule has 0 aromatic heterocycles. The van der Waals surface area contributed by atoms with Gasteiger partial charge in [0, 0.05) is 6.08 Å². The van der Waals surface area contributed by atoms with Gasteiger partial charge in [0.05, 0.1) is 12.1 Å². The van der Waals surface area contributed by atoms with E-state index < -0.39 is 23.5 Å². The molecule has 1 N–H and O–H groups in total. The molecule has 0 aliphatic rings. The van der Waals surface area contributed by atoms with E-state index in [2.05, 4.69) is 5.32 Å². The van der Waals surface area contributed by atoms with Crippen molar-refractivity contribution in [1.29, 1.82) is 0 Å². The smallest absolute Gasteiger partial charge is 0.417 e. The number of ether oxygens (including phenoxy) is 1. The quantitative estimate of drug-likeness (QED) is 0.485. The van der Waals surface area contributed by atoms with Gasteiger partial charge >= 0.3 is 6.18 Å². The summed E-state index contributed by atoms with van der Waals surface area (Å²) < 4.78 is 57.3. The van der Waals surface area contributed by atoms with Crippen molar-refractivity contribution >= 4 is 11.5 Å². The van der Waals surface area contributed by atoms with E-state index in [0.29, 0.717) is 11.8 Å². The third kappa shape index (κ3) is 5.95. The highest BCUT2D eigenvalue weighted by molar-refractivity contribution is 5.96. The zero-order valence-corrected chi connectivity index (χ0v) is 13.0. The van der Waals surface area contributed by atoms with Crippen molar-refractivity contribution in [1.82, 2.24) is 5.32 Å². The Bertz CT molecular complexity index is 725. The lowest BCUT2D eigenvalue weighted by Gasteiger charge is -2.12. The van der Waals surface area contributed by atoms with E-state index >= 15 is 0 Å².